The highest BCUT2D eigenvalue weighted by Crippen LogP contribution is 2.32. The Bertz CT molecular complexity index is 1070. The Morgan fingerprint density at radius 3 is 2.69 bits per heavy atom. The molecule has 0 amide bonds. The fraction of sp³-hybridized carbons (Fsp3) is 0.100. The van der Waals surface area contributed by atoms with Crippen molar-refractivity contribution in [2.45, 2.75) is 13.5 Å². The van der Waals surface area contributed by atoms with Gasteiger partial charge in [0.25, 0.3) is 5.56 Å². The molecule has 1 N–H and O–H groups in total. The van der Waals surface area contributed by atoms with Gasteiger partial charge in [-0.15, -0.1) is 0 Å². The molecule has 6 heteroatoms. The lowest BCUT2D eigenvalue weighted by atomic mass is 10.00. The number of benzene rings is 2. The monoisotopic (exact) mass is 368 g/mol. The topological polar surface area (TPSA) is 65.9 Å². The first-order valence-corrected chi connectivity index (χ1v) is 8.17. The zero-order valence-corrected chi connectivity index (χ0v) is 14.6. The molecule has 2 aromatic carbocycles. The maximum absolute atomic E-state index is 13.2. The lowest BCUT2D eigenvalue weighted by Gasteiger charge is -2.13. The Kier molecular flexibility index (Phi) is 5.06. The summed E-state index contributed by atoms with van der Waals surface area (Å²) in [6.45, 7) is 1.87. The Balaban J connectivity index is 2.00. The summed E-state index contributed by atoms with van der Waals surface area (Å²) in [5.41, 5.74) is 1.96. The highest BCUT2D eigenvalue weighted by Gasteiger charge is 2.14. The maximum atomic E-state index is 13.2. The molecule has 1 aromatic heterocycles. The van der Waals surface area contributed by atoms with Gasteiger partial charge < -0.3 is 9.72 Å². The highest BCUT2D eigenvalue weighted by molar-refractivity contribution is 6.31. The van der Waals surface area contributed by atoms with Crippen LogP contribution in [0, 0.1) is 24.1 Å². The molecule has 0 unspecified atom stereocenters. The van der Waals surface area contributed by atoms with Gasteiger partial charge in [0.05, 0.1) is 5.02 Å². The predicted octanol–water partition coefficient (Wildman–Crippen LogP) is 4.59. The van der Waals surface area contributed by atoms with Crippen molar-refractivity contribution in [1.29, 1.82) is 5.26 Å². The smallest absolute Gasteiger partial charge is 0.266 e. The van der Waals surface area contributed by atoms with Crippen LogP contribution in [-0.4, -0.2) is 4.98 Å². The molecular formula is C20H14ClFN2O2. The van der Waals surface area contributed by atoms with Crippen molar-refractivity contribution < 1.29 is 9.13 Å². The molecule has 130 valence electrons. The molecule has 0 bridgehead atoms. The van der Waals surface area contributed by atoms with E-state index in [4.69, 9.17) is 16.3 Å². The minimum absolute atomic E-state index is 0.0199. The molecular weight excluding hydrogens is 355 g/mol. The minimum atomic E-state index is -0.445. The number of hydrogen-bond acceptors (Lipinski definition) is 3. The number of halogens is 2. The zero-order chi connectivity index (χ0) is 18.7. The van der Waals surface area contributed by atoms with Crippen LogP contribution in [0.2, 0.25) is 5.02 Å². The first kappa shape index (κ1) is 17.7. The molecule has 26 heavy (non-hydrogen) atoms. The van der Waals surface area contributed by atoms with Crippen molar-refractivity contribution in [3.63, 3.8) is 0 Å². The predicted molar refractivity (Wildman–Crippen MR) is 97.7 cm³/mol. The summed E-state index contributed by atoms with van der Waals surface area (Å²) in [6, 6.07) is 14.9. The molecule has 0 aliphatic heterocycles. The van der Waals surface area contributed by atoms with Crippen LogP contribution in [0.15, 0.2) is 53.3 Å². The fourth-order valence-corrected chi connectivity index (χ4v) is 2.84. The second kappa shape index (κ2) is 7.42. The van der Waals surface area contributed by atoms with Crippen LogP contribution >= 0.6 is 11.6 Å². The standard InChI is InChI=1S/C20H14ClFN2O2/c1-12-8-16(17(10-23)20(25)24-12)15-4-2-3-5-19(15)26-11-13-6-7-14(22)9-18(13)21/h2-9H,11H2,1H3,(H,24,25). The second-order valence-electron chi connectivity index (χ2n) is 5.70. The quantitative estimate of drug-likeness (QED) is 0.732. The average molecular weight is 369 g/mol. The molecule has 1 heterocycles. The van der Waals surface area contributed by atoms with Crippen molar-refractivity contribution in [3.8, 4) is 22.9 Å². The summed E-state index contributed by atoms with van der Waals surface area (Å²) in [5, 5.41) is 9.62. The van der Waals surface area contributed by atoms with Crippen LogP contribution < -0.4 is 10.3 Å². The van der Waals surface area contributed by atoms with Gasteiger partial charge in [0, 0.05) is 22.4 Å². The zero-order valence-electron chi connectivity index (χ0n) is 13.8. The van der Waals surface area contributed by atoms with Gasteiger partial charge in [-0.25, -0.2) is 4.39 Å². The van der Waals surface area contributed by atoms with E-state index in [0.717, 1.165) is 0 Å². The van der Waals surface area contributed by atoms with E-state index in [-0.39, 0.29) is 17.2 Å². The van der Waals surface area contributed by atoms with Gasteiger partial charge >= 0.3 is 0 Å². The van der Waals surface area contributed by atoms with Crippen LogP contribution in [0.5, 0.6) is 5.75 Å². The average Bonchev–Trinajstić information content (AvgIpc) is 2.61. The summed E-state index contributed by atoms with van der Waals surface area (Å²) < 4.78 is 19.0. The van der Waals surface area contributed by atoms with Crippen LogP contribution in [-0.2, 0) is 6.61 Å². The largest absolute Gasteiger partial charge is 0.488 e. The van der Waals surface area contributed by atoms with E-state index < -0.39 is 11.4 Å². The molecule has 0 atom stereocenters. The number of aromatic amines is 1. The summed E-state index contributed by atoms with van der Waals surface area (Å²) in [4.78, 5) is 14.7. The SMILES string of the molecule is Cc1cc(-c2ccccc2OCc2ccc(F)cc2Cl)c(C#N)c(=O)[nH]1. The van der Waals surface area contributed by atoms with Crippen molar-refractivity contribution in [2.75, 3.05) is 0 Å². The van der Waals surface area contributed by atoms with Gasteiger partial charge in [0.1, 0.15) is 29.8 Å². The summed E-state index contributed by atoms with van der Waals surface area (Å²) >= 11 is 6.03. The molecule has 4 nitrogen and oxygen atoms in total. The lowest BCUT2D eigenvalue weighted by Crippen LogP contribution is -2.13. The van der Waals surface area contributed by atoms with Gasteiger partial charge in [-0.05, 0) is 31.2 Å². The molecule has 0 saturated heterocycles. The number of hydrogen-bond donors (Lipinski definition) is 1. The second-order valence-corrected chi connectivity index (χ2v) is 6.11. The first-order valence-electron chi connectivity index (χ1n) is 7.79. The number of ether oxygens (including phenoxy) is 1. The number of para-hydroxylation sites is 1. The number of nitrogens with zero attached hydrogens (tertiary/aromatic N) is 1. The van der Waals surface area contributed by atoms with Gasteiger partial charge in [0.15, 0.2) is 0 Å². The van der Waals surface area contributed by atoms with E-state index in [2.05, 4.69) is 4.98 Å². The van der Waals surface area contributed by atoms with E-state index in [1.54, 1.807) is 43.3 Å². The lowest BCUT2D eigenvalue weighted by molar-refractivity contribution is 0.307. The Morgan fingerprint density at radius 2 is 1.96 bits per heavy atom. The molecule has 0 aliphatic rings. The molecule has 0 spiro atoms. The number of nitrogens with one attached hydrogen (secondary N) is 1. The van der Waals surface area contributed by atoms with E-state index in [1.165, 1.54) is 12.1 Å². The summed E-state index contributed by atoms with van der Waals surface area (Å²) in [7, 11) is 0. The number of aromatic nitrogens is 1. The van der Waals surface area contributed by atoms with Gasteiger partial charge in [-0.3, -0.25) is 4.79 Å². The summed E-state index contributed by atoms with van der Waals surface area (Å²) in [5.74, 6) is 0.0752. The van der Waals surface area contributed by atoms with E-state index in [9.17, 15) is 14.4 Å². The number of nitriles is 1. The molecule has 3 aromatic rings. The van der Waals surface area contributed by atoms with Crippen molar-refractivity contribution >= 4 is 11.6 Å². The number of rotatable bonds is 4. The van der Waals surface area contributed by atoms with Gasteiger partial charge in [-0.1, -0.05) is 35.9 Å². The van der Waals surface area contributed by atoms with Crippen molar-refractivity contribution in [2.24, 2.45) is 0 Å². The Hall–Kier alpha value is -3.10. The highest BCUT2D eigenvalue weighted by atomic mass is 35.5. The molecule has 0 saturated carbocycles. The Morgan fingerprint density at radius 1 is 1.19 bits per heavy atom. The van der Waals surface area contributed by atoms with E-state index >= 15 is 0 Å². The van der Waals surface area contributed by atoms with Crippen molar-refractivity contribution in [1.82, 2.24) is 4.98 Å². The van der Waals surface area contributed by atoms with Gasteiger partial charge in [0.2, 0.25) is 0 Å². The number of H-pyrrole nitrogens is 1. The minimum Gasteiger partial charge on any atom is -0.488 e. The number of pyridine rings is 1. The molecule has 3 rings (SSSR count). The number of aryl methyl sites for hydroxylation is 1. The van der Waals surface area contributed by atoms with Crippen LogP contribution in [0.3, 0.4) is 0 Å². The van der Waals surface area contributed by atoms with Crippen LogP contribution in [0.25, 0.3) is 11.1 Å². The normalized spacial score (nSPS) is 10.4. The van der Waals surface area contributed by atoms with E-state index in [0.29, 0.717) is 28.1 Å². The van der Waals surface area contributed by atoms with E-state index in [1.807, 2.05) is 6.07 Å². The molecule has 0 aliphatic carbocycles. The third-order valence-electron chi connectivity index (χ3n) is 3.86. The van der Waals surface area contributed by atoms with Crippen molar-refractivity contribution in [3.05, 3.63) is 86.5 Å². The van der Waals surface area contributed by atoms with Crippen LogP contribution in [0.1, 0.15) is 16.8 Å². The maximum Gasteiger partial charge on any atom is 0.266 e. The molecule has 0 radical (unpaired) electrons. The first-order chi connectivity index (χ1) is 12.5. The fourth-order valence-electron chi connectivity index (χ4n) is 2.62. The summed E-state index contributed by atoms with van der Waals surface area (Å²) in [6.07, 6.45) is 0. The molecule has 0 fully saturated rings. The third-order valence-corrected chi connectivity index (χ3v) is 4.21. The Labute approximate surface area is 154 Å². The third kappa shape index (κ3) is 3.61. The van der Waals surface area contributed by atoms with Gasteiger partial charge in [-0.2, -0.15) is 5.26 Å². The van der Waals surface area contributed by atoms with Crippen LogP contribution in [0.4, 0.5) is 4.39 Å².